The zero-order valence-corrected chi connectivity index (χ0v) is 12.7. The number of fused-ring (bicyclic) bond motifs is 1. The zero-order valence-electron chi connectivity index (χ0n) is 11.9. The maximum Gasteiger partial charge on any atom is 0.259 e. The van der Waals surface area contributed by atoms with Gasteiger partial charge in [-0.1, -0.05) is 12.1 Å². The molecule has 0 bridgehead atoms. The van der Waals surface area contributed by atoms with E-state index in [2.05, 4.69) is 20.6 Å². The SMILES string of the molecule is CCNCc1cn(Cc2cc(=O)n3c(C)csc3n2)nn1. The number of nitrogens with one attached hydrogen (secondary N) is 1. The Bertz CT molecular complexity index is 818. The molecule has 21 heavy (non-hydrogen) atoms. The van der Waals surface area contributed by atoms with Gasteiger partial charge in [-0.05, 0) is 13.5 Å². The van der Waals surface area contributed by atoms with Crippen molar-refractivity contribution in [3.63, 3.8) is 0 Å². The molecule has 7 nitrogen and oxygen atoms in total. The van der Waals surface area contributed by atoms with Crippen LogP contribution in [0.2, 0.25) is 0 Å². The summed E-state index contributed by atoms with van der Waals surface area (Å²) in [5.41, 5.74) is 2.43. The van der Waals surface area contributed by atoms with Crippen LogP contribution in [0.4, 0.5) is 0 Å². The van der Waals surface area contributed by atoms with Crippen LogP contribution >= 0.6 is 11.3 Å². The van der Waals surface area contributed by atoms with Crippen LogP contribution in [0.5, 0.6) is 0 Å². The fourth-order valence-electron chi connectivity index (χ4n) is 2.10. The van der Waals surface area contributed by atoms with E-state index in [4.69, 9.17) is 0 Å². The minimum Gasteiger partial charge on any atom is -0.311 e. The molecule has 0 radical (unpaired) electrons. The van der Waals surface area contributed by atoms with E-state index in [1.807, 2.05) is 25.4 Å². The highest BCUT2D eigenvalue weighted by molar-refractivity contribution is 7.15. The molecule has 1 N–H and O–H groups in total. The lowest BCUT2D eigenvalue weighted by Gasteiger charge is -2.01. The van der Waals surface area contributed by atoms with Gasteiger partial charge < -0.3 is 5.32 Å². The second kappa shape index (κ2) is 5.74. The maximum atomic E-state index is 12.1. The molecule has 0 unspecified atom stereocenters. The second-order valence-electron chi connectivity index (χ2n) is 4.77. The average molecular weight is 304 g/mol. The first-order valence-electron chi connectivity index (χ1n) is 6.74. The molecule has 0 aliphatic heterocycles. The van der Waals surface area contributed by atoms with Gasteiger partial charge in [-0.2, -0.15) is 0 Å². The highest BCUT2D eigenvalue weighted by Gasteiger charge is 2.08. The van der Waals surface area contributed by atoms with Gasteiger partial charge in [0.15, 0.2) is 4.96 Å². The van der Waals surface area contributed by atoms with Gasteiger partial charge in [-0.3, -0.25) is 9.20 Å². The van der Waals surface area contributed by atoms with Crippen molar-refractivity contribution in [1.29, 1.82) is 0 Å². The third-order valence-corrected chi connectivity index (χ3v) is 4.04. The Morgan fingerprint density at radius 3 is 3.05 bits per heavy atom. The largest absolute Gasteiger partial charge is 0.311 e. The first-order valence-corrected chi connectivity index (χ1v) is 7.62. The first kappa shape index (κ1) is 13.9. The Morgan fingerprint density at radius 2 is 2.24 bits per heavy atom. The van der Waals surface area contributed by atoms with Gasteiger partial charge in [0.2, 0.25) is 0 Å². The Hall–Kier alpha value is -2.06. The third-order valence-electron chi connectivity index (χ3n) is 3.09. The summed E-state index contributed by atoms with van der Waals surface area (Å²) in [6, 6.07) is 1.55. The summed E-state index contributed by atoms with van der Waals surface area (Å²) in [6.07, 6.45) is 1.87. The first-order chi connectivity index (χ1) is 10.2. The molecule has 0 atom stereocenters. The minimum absolute atomic E-state index is 0.0539. The number of hydrogen-bond acceptors (Lipinski definition) is 6. The van der Waals surface area contributed by atoms with Crippen LogP contribution in [0, 0.1) is 6.92 Å². The lowest BCUT2D eigenvalue weighted by Crippen LogP contribution is -2.16. The zero-order chi connectivity index (χ0) is 14.8. The number of thiazole rings is 1. The van der Waals surface area contributed by atoms with E-state index in [0.717, 1.165) is 17.9 Å². The van der Waals surface area contributed by atoms with Gasteiger partial charge in [0.25, 0.3) is 5.56 Å². The highest BCUT2D eigenvalue weighted by Crippen LogP contribution is 2.11. The van der Waals surface area contributed by atoms with Crippen molar-refractivity contribution in [2.45, 2.75) is 26.9 Å². The molecule has 8 heteroatoms. The van der Waals surface area contributed by atoms with Gasteiger partial charge >= 0.3 is 0 Å². The van der Waals surface area contributed by atoms with Crippen LogP contribution in [-0.4, -0.2) is 30.9 Å². The summed E-state index contributed by atoms with van der Waals surface area (Å²) in [7, 11) is 0. The van der Waals surface area contributed by atoms with Gasteiger partial charge in [0.1, 0.15) is 0 Å². The van der Waals surface area contributed by atoms with Gasteiger partial charge in [0.05, 0.1) is 24.1 Å². The summed E-state index contributed by atoms with van der Waals surface area (Å²) in [4.78, 5) is 17.3. The molecule has 0 amide bonds. The molecular formula is C13H16N6OS. The number of aryl methyl sites for hydroxylation is 1. The second-order valence-corrected chi connectivity index (χ2v) is 5.61. The lowest BCUT2D eigenvalue weighted by molar-refractivity contribution is 0.636. The molecule has 0 spiro atoms. The molecule has 3 aromatic rings. The summed E-state index contributed by atoms with van der Waals surface area (Å²) in [5.74, 6) is 0. The average Bonchev–Trinajstić information content (AvgIpc) is 3.04. The van der Waals surface area contributed by atoms with Crippen molar-refractivity contribution in [2.75, 3.05) is 6.54 Å². The van der Waals surface area contributed by atoms with Gasteiger partial charge in [0, 0.05) is 23.7 Å². The van der Waals surface area contributed by atoms with E-state index in [-0.39, 0.29) is 5.56 Å². The standard InChI is InChI=1S/C13H16N6OS/c1-3-14-5-11-7-18(17-16-11)6-10-4-12(20)19-9(2)8-21-13(19)15-10/h4,7-8,14H,3,5-6H2,1-2H3. The van der Waals surface area contributed by atoms with E-state index in [1.165, 1.54) is 11.3 Å². The topological polar surface area (TPSA) is 77.1 Å². The number of aromatic nitrogens is 5. The van der Waals surface area contributed by atoms with Crippen LogP contribution in [0.1, 0.15) is 24.0 Å². The van der Waals surface area contributed by atoms with Crippen molar-refractivity contribution in [3.05, 3.63) is 45.1 Å². The molecule has 3 rings (SSSR count). The molecular weight excluding hydrogens is 288 g/mol. The molecule has 110 valence electrons. The number of hydrogen-bond donors (Lipinski definition) is 1. The van der Waals surface area contributed by atoms with Crippen molar-refractivity contribution >= 4 is 16.3 Å². The van der Waals surface area contributed by atoms with E-state index in [0.29, 0.717) is 23.7 Å². The molecule has 0 fully saturated rings. The number of rotatable bonds is 5. The van der Waals surface area contributed by atoms with Crippen LogP contribution in [0.25, 0.3) is 4.96 Å². The summed E-state index contributed by atoms with van der Waals surface area (Å²) in [6.45, 7) is 5.97. The Labute approximate surface area is 125 Å². The lowest BCUT2D eigenvalue weighted by atomic mass is 10.4. The fraction of sp³-hybridized carbons (Fsp3) is 0.385. The quantitative estimate of drug-likeness (QED) is 0.755. The Balaban J connectivity index is 1.84. The molecule has 0 saturated heterocycles. The molecule has 3 aromatic heterocycles. The van der Waals surface area contributed by atoms with Crippen LogP contribution < -0.4 is 10.9 Å². The molecule has 3 heterocycles. The van der Waals surface area contributed by atoms with Crippen LogP contribution in [0.15, 0.2) is 22.4 Å². The maximum absolute atomic E-state index is 12.1. The summed E-state index contributed by atoms with van der Waals surface area (Å²) < 4.78 is 3.32. The highest BCUT2D eigenvalue weighted by atomic mass is 32.1. The smallest absolute Gasteiger partial charge is 0.259 e. The van der Waals surface area contributed by atoms with Crippen LogP contribution in [-0.2, 0) is 13.1 Å². The van der Waals surface area contributed by atoms with E-state index < -0.39 is 0 Å². The third kappa shape index (κ3) is 2.86. The van der Waals surface area contributed by atoms with E-state index in [1.54, 1.807) is 15.1 Å². The molecule has 0 aliphatic rings. The van der Waals surface area contributed by atoms with Crippen molar-refractivity contribution < 1.29 is 0 Å². The van der Waals surface area contributed by atoms with Gasteiger partial charge in [-0.15, -0.1) is 16.4 Å². The Kier molecular flexibility index (Phi) is 3.80. The molecule has 0 saturated carbocycles. The number of nitrogens with zero attached hydrogens (tertiary/aromatic N) is 5. The summed E-state index contributed by atoms with van der Waals surface area (Å²) in [5, 5.41) is 13.3. The summed E-state index contributed by atoms with van der Waals surface area (Å²) >= 11 is 1.47. The van der Waals surface area contributed by atoms with Crippen LogP contribution in [0.3, 0.4) is 0 Å². The van der Waals surface area contributed by atoms with Crippen molar-refractivity contribution in [2.24, 2.45) is 0 Å². The van der Waals surface area contributed by atoms with Gasteiger partial charge in [-0.25, -0.2) is 9.67 Å². The van der Waals surface area contributed by atoms with Crippen molar-refractivity contribution in [3.8, 4) is 0 Å². The molecule has 0 aliphatic carbocycles. The van der Waals surface area contributed by atoms with E-state index in [9.17, 15) is 4.79 Å². The minimum atomic E-state index is -0.0539. The predicted octanol–water partition coefficient (Wildman–Crippen LogP) is 0.814. The normalized spacial score (nSPS) is 11.3. The fourth-order valence-corrected chi connectivity index (χ4v) is 2.99. The monoisotopic (exact) mass is 304 g/mol. The van der Waals surface area contributed by atoms with E-state index >= 15 is 0 Å². The van der Waals surface area contributed by atoms with Crippen molar-refractivity contribution in [1.82, 2.24) is 29.7 Å². The molecule has 0 aromatic carbocycles. The predicted molar refractivity (Wildman–Crippen MR) is 80.6 cm³/mol. The Morgan fingerprint density at radius 1 is 1.38 bits per heavy atom.